The molecule has 6 nitrogen and oxygen atoms in total. The van der Waals surface area contributed by atoms with E-state index in [1.165, 1.54) is 0 Å². The topological polar surface area (TPSA) is 72.7 Å². The van der Waals surface area contributed by atoms with Crippen LogP contribution in [0.25, 0.3) is 10.9 Å². The van der Waals surface area contributed by atoms with Gasteiger partial charge >= 0.3 is 0 Å². The van der Waals surface area contributed by atoms with Crippen LogP contribution < -0.4 is 10.9 Å². The second-order valence-electron chi connectivity index (χ2n) is 7.64. The molecule has 0 atom stereocenters. The number of hydrogen-bond donors (Lipinski definition) is 1. The molecule has 0 saturated heterocycles. The van der Waals surface area contributed by atoms with Crippen LogP contribution in [0.5, 0.6) is 0 Å². The molecule has 1 saturated carbocycles. The molecule has 1 N–H and O–H groups in total. The van der Waals surface area contributed by atoms with Crippen molar-refractivity contribution in [3.05, 3.63) is 58.3 Å². The summed E-state index contributed by atoms with van der Waals surface area (Å²) in [5.74, 6) is 0.900. The SMILES string of the molecule is O=c1cc2c(nn1C1CCC(Nc3ncnc4ccccc34)CC1)CCC2. The van der Waals surface area contributed by atoms with E-state index in [9.17, 15) is 4.79 Å². The number of benzene rings is 1. The van der Waals surface area contributed by atoms with Crippen LogP contribution in [0.3, 0.4) is 0 Å². The molecule has 1 fully saturated rings. The van der Waals surface area contributed by atoms with E-state index in [1.54, 1.807) is 11.0 Å². The first kappa shape index (κ1) is 16.4. The second-order valence-corrected chi connectivity index (χ2v) is 7.64. The van der Waals surface area contributed by atoms with Gasteiger partial charge in [0.15, 0.2) is 0 Å². The minimum absolute atomic E-state index is 0.0638. The second kappa shape index (κ2) is 6.76. The summed E-state index contributed by atoms with van der Waals surface area (Å²) < 4.78 is 1.75. The van der Waals surface area contributed by atoms with Gasteiger partial charge in [-0.3, -0.25) is 4.79 Å². The Bertz CT molecular complexity index is 1030. The van der Waals surface area contributed by atoms with Crippen molar-refractivity contribution in [2.75, 3.05) is 5.32 Å². The minimum Gasteiger partial charge on any atom is -0.367 e. The van der Waals surface area contributed by atoms with Gasteiger partial charge < -0.3 is 5.32 Å². The van der Waals surface area contributed by atoms with Crippen molar-refractivity contribution in [3.8, 4) is 0 Å². The maximum atomic E-state index is 12.5. The van der Waals surface area contributed by atoms with Crippen molar-refractivity contribution in [1.82, 2.24) is 19.7 Å². The lowest BCUT2D eigenvalue weighted by atomic mass is 9.91. The van der Waals surface area contributed by atoms with E-state index in [2.05, 4.69) is 26.4 Å². The third-order valence-corrected chi connectivity index (χ3v) is 5.91. The molecule has 0 bridgehead atoms. The summed E-state index contributed by atoms with van der Waals surface area (Å²) in [5.41, 5.74) is 3.30. The normalized spacial score (nSPS) is 21.9. The van der Waals surface area contributed by atoms with Crippen molar-refractivity contribution in [2.24, 2.45) is 0 Å². The molecular weight excluding hydrogens is 338 g/mol. The lowest BCUT2D eigenvalue weighted by Crippen LogP contribution is -2.34. The molecule has 6 heteroatoms. The zero-order valence-electron chi connectivity index (χ0n) is 15.3. The van der Waals surface area contributed by atoms with Crippen molar-refractivity contribution in [3.63, 3.8) is 0 Å². The molecule has 0 spiro atoms. The Morgan fingerprint density at radius 3 is 2.78 bits per heavy atom. The number of nitrogens with zero attached hydrogens (tertiary/aromatic N) is 4. The van der Waals surface area contributed by atoms with Gasteiger partial charge in [-0.1, -0.05) is 12.1 Å². The van der Waals surface area contributed by atoms with Crippen LogP contribution in [0, 0.1) is 0 Å². The molecule has 0 radical (unpaired) electrons. The average Bonchev–Trinajstić information content (AvgIpc) is 3.15. The monoisotopic (exact) mass is 361 g/mol. The molecular formula is C21H23N5O. The van der Waals surface area contributed by atoms with Crippen LogP contribution in [-0.2, 0) is 12.8 Å². The van der Waals surface area contributed by atoms with Crippen molar-refractivity contribution in [1.29, 1.82) is 0 Å². The molecule has 138 valence electrons. The standard InChI is InChI=1S/C21H23N5O/c27-20-12-14-4-3-7-18(14)25-26(20)16-10-8-15(9-11-16)24-21-17-5-1-2-6-19(17)22-13-23-21/h1-2,5-6,12-13,15-16H,3-4,7-11H2,(H,22,23,24). The van der Waals surface area contributed by atoms with Crippen LogP contribution in [0.2, 0.25) is 0 Å². The smallest absolute Gasteiger partial charge is 0.267 e. The predicted octanol–water partition coefficient (Wildman–Crippen LogP) is 3.27. The fourth-order valence-electron chi connectivity index (χ4n) is 4.45. The maximum absolute atomic E-state index is 12.5. The zero-order chi connectivity index (χ0) is 18.2. The Morgan fingerprint density at radius 1 is 1.04 bits per heavy atom. The first-order chi connectivity index (χ1) is 13.3. The number of nitrogens with one attached hydrogen (secondary N) is 1. The summed E-state index contributed by atoms with van der Waals surface area (Å²) in [6, 6.07) is 10.5. The van der Waals surface area contributed by atoms with Gasteiger partial charge in [-0.05, 0) is 62.6 Å². The highest BCUT2D eigenvalue weighted by Gasteiger charge is 2.25. The van der Waals surface area contributed by atoms with Gasteiger partial charge in [0.2, 0.25) is 0 Å². The molecule has 5 rings (SSSR count). The van der Waals surface area contributed by atoms with Gasteiger partial charge in [0, 0.05) is 17.5 Å². The summed E-state index contributed by atoms with van der Waals surface area (Å²) in [4.78, 5) is 21.2. The first-order valence-electron chi connectivity index (χ1n) is 9.86. The number of aromatic nitrogens is 4. The van der Waals surface area contributed by atoms with Gasteiger partial charge in [-0.25, -0.2) is 14.6 Å². The van der Waals surface area contributed by atoms with Gasteiger partial charge in [0.1, 0.15) is 12.1 Å². The predicted molar refractivity (Wildman–Crippen MR) is 105 cm³/mol. The summed E-state index contributed by atoms with van der Waals surface area (Å²) in [7, 11) is 0. The fraction of sp³-hybridized carbons (Fsp3) is 0.429. The molecule has 27 heavy (non-hydrogen) atoms. The van der Waals surface area contributed by atoms with Crippen LogP contribution in [-0.4, -0.2) is 25.8 Å². The van der Waals surface area contributed by atoms with Crippen molar-refractivity contribution < 1.29 is 0 Å². The Hall–Kier alpha value is -2.76. The van der Waals surface area contributed by atoms with Gasteiger partial charge in [-0.15, -0.1) is 0 Å². The number of fused-ring (bicyclic) bond motifs is 2. The number of rotatable bonds is 3. The molecule has 3 aromatic rings. The molecule has 2 aliphatic carbocycles. The van der Waals surface area contributed by atoms with E-state index < -0.39 is 0 Å². The van der Waals surface area contributed by atoms with Crippen LogP contribution in [0.4, 0.5) is 5.82 Å². The van der Waals surface area contributed by atoms with Crippen LogP contribution >= 0.6 is 0 Å². The van der Waals surface area contributed by atoms with E-state index in [4.69, 9.17) is 0 Å². The molecule has 0 aliphatic heterocycles. The lowest BCUT2D eigenvalue weighted by Gasteiger charge is -2.30. The molecule has 0 unspecified atom stereocenters. The summed E-state index contributed by atoms with van der Waals surface area (Å²) >= 11 is 0. The van der Waals surface area contributed by atoms with E-state index >= 15 is 0 Å². The Kier molecular flexibility index (Phi) is 4.11. The summed E-state index contributed by atoms with van der Waals surface area (Å²) in [6.07, 6.45) is 8.69. The minimum atomic E-state index is 0.0638. The van der Waals surface area contributed by atoms with Gasteiger partial charge in [0.25, 0.3) is 5.56 Å². The highest BCUT2D eigenvalue weighted by atomic mass is 16.1. The lowest BCUT2D eigenvalue weighted by molar-refractivity contribution is 0.302. The zero-order valence-corrected chi connectivity index (χ0v) is 15.3. The van der Waals surface area contributed by atoms with Crippen LogP contribution in [0.15, 0.2) is 41.5 Å². The molecule has 2 aromatic heterocycles. The average molecular weight is 361 g/mol. The highest BCUT2D eigenvalue weighted by Crippen LogP contribution is 2.30. The van der Waals surface area contributed by atoms with Gasteiger partial charge in [-0.2, -0.15) is 5.10 Å². The number of anilines is 1. The Morgan fingerprint density at radius 2 is 1.89 bits per heavy atom. The third-order valence-electron chi connectivity index (χ3n) is 5.91. The largest absolute Gasteiger partial charge is 0.367 e. The van der Waals surface area contributed by atoms with Crippen LogP contribution in [0.1, 0.15) is 49.4 Å². The third kappa shape index (κ3) is 3.09. The number of hydrogen-bond acceptors (Lipinski definition) is 5. The number of para-hydroxylation sites is 1. The Balaban J connectivity index is 1.30. The van der Waals surface area contributed by atoms with E-state index in [0.717, 1.165) is 72.9 Å². The van der Waals surface area contributed by atoms with E-state index in [-0.39, 0.29) is 11.6 Å². The van der Waals surface area contributed by atoms with E-state index in [1.807, 2.05) is 24.3 Å². The highest BCUT2D eigenvalue weighted by molar-refractivity contribution is 5.88. The maximum Gasteiger partial charge on any atom is 0.267 e. The quantitative estimate of drug-likeness (QED) is 0.775. The van der Waals surface area contributed by atoms with Gasteiger partial charge in [0.05, 0.1) is 17.3 Å². The molecule has 2 aliphatic rings. The van der Waals surface area contributed by atoms with Crippen molar-refractivity contribution in [2.45, 2.75) is 57.0 Å². The fourth-order valence-corrected chi connectivity index (χ4v) is 4.45. The first-order valence-corrected chi connectivity index (χ1v) is 9.86. The summed E-state index contributed by atoms with van der Waals surface area (Å²) in [6.45, 7) is 0. The number of aryl methyl sites for hydroxylation is 2. The molecule has 0 amide bonds. The summed E-state index contributed by atoms with van der Waals surface area (Å²) in [5, 5.41) is 9.34. The molecule has 2 heterocycles. The van der Waals surface area contributed by atoms with E-state index in [0.29, 0.717) is 6.04 Å². The molecule has 1 aromatic carbocycles. The van der Waals surface area contributed by atoms with Crippen molar-refractivity contribution >= 4 is 16.7 Å². The Labute approximate surface area is 157 Å².